The predicted octanol–water partition coefficient (Wildman–Crippen LogP) is 1.64. The molecule has 0 bridgehead atoms. The number of rotatable bonds is 9. The van der Waals surface area contributed by atoms with Gasteiger partial charge in [0.2, 0.25) is 11.8 Å². The van der Waals surface area contributed by atoms with Crippen molar-refractivity contribution in [2.45, 2.75) is 59.8 Å². The van der Waals surface area contributed by atoms with Crippen LogP contribution in [0.5, 0.6) is 0 Å². The van der Waals surface area contributed by atoms with Crippen LogP contribution >= 0.6 is 0 Å². The van der Waals surface area contributed by atoms with Crippen LogP contribution in [-0.2, 0) is 19.2 Å². The monoisotopic (exact) mass is 384 g/mol. The van der Waals surface area contributed by atoms with Gasteiger partial charge in [0, 0.05) is 17.9 Å². The van der Waals surface area contributed by atoms with E-state index in [2.05, 4.69) is 10.6 Å². The third kappa shape index (κ3) is 7.19. The molecule has 0 radical (unpaired) electrons. The molecule has 0 atom stereocenters. The summed E-state index contributed by atoms with van der Waals surface area (Å²) in [6.07, 6.45) is 3.14. The smallest absolute Gasteiger partial charge is 0.322 e. The SMILES string of the molecule is CC(C)(CC(C)(C)C(=O)NCC1CCC(C(=O)NCC(=O)O)CC1)C(=O)O. The van der Waals surface area contributed by atoms with Crippen molar-refractivity contribution in [3.63, 3.8) is 0 Å². The van der Waals surface area contributed by atoms with Crippen molar-refractivity contribution in [2.24, 2.45) is 22.7 Å². The maximum Gasteiger partial charge on any atom is 0.322 e. The molecule has 27 heavy (non-hydrogen) atoms. The van der Waals surface area contributed by atoms with Gasteiger partial charge in [-0.1, -0.05) is 13.8 Å². The first kappa shape index (κ1) is 22.9. The number of carbonyl (C=O) groups excluding carboxylic acids is 2. The molecular formula is C19H32N2O6. The summed E-state index contributed by atoms with van der Waals surface area (Å²) in [4.78, 5) is 46.2. The van der Waals surface area contributed by atoms with Gasteiger partial charge in [-0.25, -0.2) is 0 Å². The van der Waals surface area contributed by atoms with Crippen molar-refractivity contribution >= 4 is 23.8 Å². The van der Waals surface area contributed by atoms with Crippen LogP contribution in [0.2, 0.25) is 0 Å². The molecule has 4 N–H and O–H groups in total. The maximum atomic E-state index is 12.5. The number of carbonyl (C=O) groups is 4. The summed E-state index contributed by atoms with van der Waals surface area (Å²) in [5.41, 5.74) is -1.78. The summed E-state index contributed by atoms with van der Waals surface area (Å²) >= 11 is 0. The van der Waals surface area contributed by atoms with Crippen molar-refractivity contribution in [2.75, 3.05) is 13.1 Å². The molecule has 0 aromatic carbocycles. The highest BCUT2D eigenvalue weighted by Gasteiger charge is 2.39. The van der Waals surface area contributed by atoms with Crippen molar-refractivity contribution in [3.05, 3.63) is 0 Å². The zero-order chi connectivity index (χ0) is 20.8. The Kier molecular flexibility index (Phi) is 7.80. The molecular weight excluding hydrogens is 352 g/mol. The first-order valence-electron chi connectivity index (χ1n) is 9.36. The largest absolute Gasteiger partial charge is 0.481 e. The Morgan fingerprint density at radius 3 is 1.93 bits per heavy atom. The second-order valence-corrected chi connectivity index (χ2v) is 8.79. The molecule has 0 aromatic heterocycles. The lowest BCUT2D eigenvalue weighted by molar-refractivity contribution is -0.150. The molecule has 0 heterocycles. The van der Waals surface area contributed by atoms with Gasteiger partial charge in [0.05, 0.1) is 5.41 Å². The van der Waals surface area contributed by atoms with E-state index in [1.807, 2.05) is 0 Å². The Morgan fingerprint density at radius 2 is 1.44 bits per heavy atom. The molecule has 1 fully saturated rings. The van der Waals surface area contributed by atoms with Gasteiger partial charge in [-0.3, -0.25) is 19.2 Å². The Labute approximate surface area is 160 Å². The lowest BCUT2D eigenvalue weighted by atomic mass is 9.74. The van der Waals surface area contributed by atoms with E-state index in [0.717, 1.165) is 12.8 Å². The average Bonchev–Trinajstić information content (AvgIpc) is 2.56. The fraction of sp³-hybridized carbons (Fsp3) is 0.789. The number of carboxylic acid groups (broad SMARTS) is 2. The van der Waals surface area contributed by atoms with E-state index in [1.165, 1.54) is 0 Å². The molecule has 8 heteroatoms. The van der Waals surface area contributed by atoms with Crippen LogP contribution in [-0.4, -0.2) is 47.1 Å². The van der Waals surface area contributed by atoms with Crippen LogP contribution in [0, 0.1) is 22.7 Å². The molecule has 0 aromatic rings. The molecule has 8 nitrogen and oxygen atoms in total. The summed E-state index contributed by atoms with van der Waals surface area (Å²) in [5.74, 6) is -2.30. The minimum Gasteiger partial charge on any atom is -0.481 e. The first-order valence-corrected chi connectivity index (χ1v) is 9.36. The summed E-state index contributed by atoms with van der Waals surface area (Å²) in [5, 5.41) is 23.2. The number of carboxylic acids is 2. The first-order chi connectivity index (χ1) is 12.3. The number of hydrogen-bond acceptors (Lipinski definition) is 4. The lowest BCUT2D eigenvalue weighted by Gasteiger charge is -2.32. The second kappa shape index (κ2) is 9.19. The minimum absolute atomic E-state index is 0.168. The molecule has 0 unspecified atom stereocenters. The standard InChI is InChI=1S/C19H32N2O6/c1-18(2,11-19(3,4)17(26)27)16(25)21-9-12-5-7-13(8-6-12)15(24)20-10-14(22)23/h12-13H,5-11H2,1-4H3,(H,20,24)(H,21,25)(H,22,23)(H,26,27). The van der Waals surface area contributed by atoms with Gasteiger partial charge in [-0.05, 0) is 51.9 Å². The van der Waals surface area contributed by atoms with Crippen LogP contribution in [0.1, 0.15) is 59.8 Å². The maximum absolute atomic E-state index is 12.5. The number of aliphatic carboxylic acids is 2. The molecule has 0 aliphatic heterocycles. The van der Waals surface area contributed by atoms with Gasteiger partial charge in [-0.15, -0.1) is 0 Å². The summed E-state index contributed by atoms with van der Waals surface area (Å²) in [6.45, 7) is 6.85. The van der Waals surface area contributed by atoms with Crippen LogP contribution in [0.15, 0.2) is 0 Å². The van der Waals surface area contributed by atoms with E-state index in [-0.39, 0.29) is 36.6 Å². The zero-order valence-electron chi connectivity index (χ0n) is 16.6. The van der Waals surface area contributed by atoms with Crippen molar-refractivity contribution < 1.29 is 29.4 Å². The van der Waals surface area contributed by atoms with Gasteiger partial charge in [0.1, 0.15) is 6.54 Å². The van der Waals surface area contributed by atoms with Crippen molar-refractivity contribution in [3.8, 4) is 0 Å². The molecule has 1 rings (SSSR count). The van der Waals surface area contributed by atoms with Crippen LogP contribution in [0.4, 0.5) is 0 Å². The zero-order valence-corrected chi connectivity index (χ0v) is 16.6. The summed E-state index contributed by atoms with van der Waals surface area (Å²) < 4.78 is 0. The average molecular weight is 384 g/mol. The van der Waals surface area contributed by atoms with Gasteiger partial charge in [0.15, 0.2) is 0 Å². The van der Waals surface area contributed by atoms with Gasteiger partial charge in [0.25, 0.3) is 0 Å². The highest BCUT2D eigenvalue weighted by atomic mass is 16.4. The Hall–Kier alpha value is -2.12. The van der Waals surface area contributed by atoms with Crippen molar-refractivity contribution in [1.29, 1.82) is 0 Å². The molecule has 1 saturated carbocycles. The highest BCUT2D eigenvalue weighted by Crippen LogP contribution is 2.34. The van der Waals surface area contributed by atoms with Crippen LogP contribution in [0.25, 0.3) is 0 Å². The third-order valence-corrected chi connectivity index (χ3v) is 5.26. The summed E-state index contributed by atoms with van der Waals surface area (Å²) in [6, 6.07) is 0. The van der Waals surface area contributed by atoms with E-state index in [1.54, 1.807) is 27.7 Å². The van der Waals surface area contributed by atoms with Crippen LogP contribution < -0.4 is 10.6 Å². The Bertz CT molecular complexity index is 577. The van der Waals surface area contributed by atoms with E-state index in [9.17, 15) is 24.3 Å². The third-order valence-electron chi connectivity index (χ3n) is 5.26. The van der Waals surface area contributed by atoms with Gasteiger partial charge >= 0.3 is 11.9 Å². The fourth-order valence-corrected chi connectivity index (χ4v) is 3.67. The van der Waals surface area contributed by atoms with E-state index in [0.29, 0.717) is 19.4 Å². The summed E-state index contributed by atoms with van der Waals surface area (Å²) in [7, 11) is 0. The Balaban J connectivity index is 2.42. The predicted molar refractivity (Wildman–Crippen MR) is 98.9 cm³/mol. The highest BCUT2D eigenvalue weighted by molar-refractivity contribution is 5.84. The number of hydrogen-bond donors (Lipinski definition) is 4. The van der Waals surface area contributed by atoms with E-state index < -0.39 is 22.8 Å². The van der Waals surface area contributed by atoms with Gasteiger partial charge < -0.3 is 20.8 Å². The quantitative estimate of drug-likeness (QED) is 0.478. The molecule has 154 valence electrons. The van der Waals surface area contributed by atoms with E-state index in [4.69, 9.17) is 5.11 Å². The molecule has 2 amide bonds. The second-order valence-electron chi connectivity index (χ2n) is 8.79. The molecule has 1 aliphatic carbocycles. The number of amides is 2. The molecule has 0 spiro atoms. The van der Waals surface area contributed by atoms with Crippen LogP contribution in [0.3, 0.4) is 0 Å². The Morgan fingerprint density at radius 1 is 0.889 bits per heavy atom. The molecule has 0 saturated heterocycles. The topological polar surface area (TPSA) is 133 Å². The normalized spacial score (nSPS) is 20.6. The fourth-order valence-electron chi connectivity index (χ4n) is 3.67. The molecule has 1 aliphatic rings. The van der Waals surface area contributed by atoms with Crippen molar-refractivity contribution in [1.82, 2.24) is 10.6 Å². The van der Waals surface area contributed by atoms with E-state index >= 15 is 0 Å². The lowest BCUT2D eigenvalue weighted by Crippen LogP contribution is -2.44. The van der Waals surface area contributed by atoms with Gasteiger partial charge in [-0.2, -0.15) is 0 Å². The number of nitrogens with one attached hydrogen (secondary N) is 2. The minimum atomic E-state index is -1.06.